The Kier molecular flexibility index (Phi) is 3.09. The van der Waals surface area contributed by atoms with E-state index in [-0.39, 0.29) is 0 Å². The number of hydrogen-bond donors (Lipinski definition) is 5. The Morgan fingerprint density at radius 2 is 2.11 bits per heavy atom. The molecule has 0 unspecified atom stereocenters. The van der Waals surface area contributed by atoms with E-state index in [2.05, 4.69) is 0 Å². The third-order valence-electron chi connectivity index (χ3n) is 2.76. The van der Waals surface area contributed by atoms with Crippen molar-refractivity contribution in [2.45, 2.75) is 24.2 Å². The molecule has 1 aliphatic rings. The Hall–Kier alpha value is -1.52. The molecule has 5 N–H and O–H groups in total. The molecular weight excluding hydrogens is 248 g/mol. The van der Waals surface area contributed by atoms with E-state index in [1.807, 2.05) is 4.98 Å². The smallest absolute Gasteiger partial charge is 0.332 e. The quantitative estimate of drug-likeness (QED) is 0.367. The molecule has 0 saturated carbocycles. The molecule has 0 spiro atoms. The van der Waals surface area contributed by atoms with Gasteiger partial charge in [-0.2, -0.15) is 0 Å². The summed E-state index contributed by atoms with van der Waals surface area (Å²) in [5, 5.41) is 38.2. The normalized spacial score (nSPS) is 35.9. The summed E-state index contributed by atoms with van der Waals surface area (Å²) < 4.78 is 5.40. The number of aliphatic hydroxyl groups excluding tert-OH is 3. The van der Waals surface area contributed by atoms with E-state index in [0.717, 1.165) is 12.3 Å². The van der Waals surface area contributed by atoms with Gasteiger partial charge in [0.1, 0.15) is 12.2 Å². The van der Waals surface area contributed by atoms with E-state index in [0.29, 0.717) is 4.57 Å². The molecule has 0 amide bonds. The fourth-order valence-corrected chi connectivity index (χ4v) is 1.80. The van der Waals surface area contributed by atoms with Crippen LogP contribution in [-0.4, -0.2) is 54.9 Å². The SMILES string of the molecule is O=c1ccn([C@]2(O)O[C@H](CO)[C@@H](O)[C@@H]2O)c(=O)[nH]1. The number of aromatic nitrogens is 2. The van der Waals surface area contributed by atoms with Gasteiger partial charge in [0.15, 0.2) is 6.10 Å². The third kappa shape index (κ3) is 1.78. The van der Waals surface area contributed by atoms with Crippen LogP contribution in [0.5, 0.6) is 0 Å². The van der Waals surface area contributed by atoms with Crippen molar-refractivity contribution >= 4 is 0 Å². The van der Waals surface area contributed by atoms with Crippen LogP contribution in [-0.2, 0) is 10.6 Å². The molecule has 9 heteroatoms. The van der Waals surface area contributed by atoms with E-state index in [1.165, 1.54) is 0 Å². The van der Waals surface area contributed by atoms with Crippen LogP contribution in [0.3, 0.4) is 0 Å². The molecule has 1 aliphatic heterocycles. The van der Waals surface area contributed by atoms with Gasteiger partial charge in [0.2, 0.25) is 0 Å². The molecule has 0 bridgehead atoms. The highest BCUT2D eigenvalue weighted by molar-refractivity contribution is 4.96. The lowest BCUT2D eigenvalue weighted by Crippen LogP contribution is -2.51. The molecule has 2 heterocycles. The molecule has 1 aromatic heterocycles. The van der Waals surface area contributed by atoms with E-state index in [9.17, 15) is 24.9 Å². The van der Waals surface area contributed by atoms with Gasteiger partial charge in [-0.25, -0.2) is 9.36 Å². The molecule has 0 aromatic carbocycles. The summed E-state index contributed by atoms with van der Waals surface area (Å²) in [6.45, 7) is -0.654. The number of aliphatic hydroxyl groups is 4. The number of ether oxygens (including phenoxy) is 1. The van der Waals surface area contributed by atoms with Gasteiger partial charge in [0.25, 0.3) is 11.5 Å². The highest BCUT2D eigenvalue weighted by Crippen LogP contribution is 2.31. The Bertz CT molecular complexity index is 552. The van der Waals surface area contributed by atoms with Gasteiger partial charge in [0.05, 0.1) is 6.61 Å². The molecular formula is C9H12N2O7. The minimum absolute atomic E-state index is 0.526. The number of nitrogens with one attached hydrogen (secondary N) is 1. The van der Waals surface area contributed by atoms with Crippen molar-refractivity contribution in [2.75, 3.05) is 6.61 Å². The van der Waals surface area contributed by atoms with Crippen molar-refractivity contribution < 1.29 is 25.2 Å². The predicted molar refractivity (Wildman–Crippen MR) is 55.5 cm³/mol. The molecule has 2 rings (SSSR count). The topological polar surface area (TPSA) is 145 Å². The lowest BCUT2D eigenvalue weighted by Gasteiger charge is -2.27. The van der Waals surface area contributed by atoms with Gasteiger partial charge < -0.3 is 25.2 Å². The first-order chi connectivity index (χ1) is 8.40. The van der Waals surface area contributed by atoms with Crippen LogP contribution in [0.25, 0.3) is 0 Å². The molecule has 100 valence electrons. The van der Waals surface area contributed by atoms with Gasteiger partial charge in [-0.05, 0) is 0 Å². The summed E-state index contributed by atoms with van der Waals surface area (Å²) in [6.07, 6.45) is -3.75. The summed E-state index contributed by atoms with van der Waals surface area (Å²) >= 11 is 0. The standard InChI is InChI=1S/C9H12N2O7/c12-3-4-6(14)7(15)9(17,18-4)11-2-1-5(13)10-8(11)16/h1-2,4,6-7,12,14-15,17H,3H2,(H,10,13,16)/t4-,6-,7+,9-/m1/s1. The van der Waals surface area contributed by atoms with Crippen molar-refractivity contribution in [1.29, 1.82) is 0 Å². The summed E-state index contributed by atoms with van der Waals surface area (Å²) in [5.41, 5.74) is -1.71. The molecule has 1 fully saturated rings. The Morgan fingerprint density at radius 1 is 1.44 bits per heavy atom. The molecule has 9 nitrogen and oxygen atoms in total. The van der Waals surface area contributed by atoms with Gasteiger partial charge in [-0.3, -0.25) is 9.78 Å². The number of hydrogen-bond acceptors (Lipinski definition) is 7. The molecule has 18 heavy (non-hydrogen) atoms. The predicted octanol–water partition coefficient (Wildman–Crippen LogP) is -3.75. The van der Waals surface area contributed by atoms with Crippen molar-refractivity contribution in [3.8, 4) is 0 Å². The molecule has 0 aliphatic carbocycles. The maximum Gasteiger partial charge on any atom is 0.332 e. The van der Waals surface area contributed by atoms with E-state index in [4.69, 9.17) is 9.84 Å². The maximum absolute atomic E-state index is 11.5. The summed E-state index contributed by atoms with van der Waals surface area (Å²) in [4.78, 5) is 24.2. The lowest BCUT2D eigenvalue weighted by molar-refractivity contribution is -0.291. The van der Waals surface area contributed by atoms with Crippen molar-refractivity contribution in [3.63, 3.8) is 0 Å². The van der Waals surface area contributed by atoms with Gasteiger partial charge in [-0.1, -0.05) is 0 Å². The van der Waals surface area contributed by atoms with Gasteiger partial charge >= 0.3 is 5.69 Å². The van der Waals surface area contributed by atoms with Crippen LogP contribution in [0.15, 0.2) is 21.9 Å². The van der Waals surface area contributed by atoms with E-state index in [1.54, 1.807) is 0 Å². The summed E-state index contributed by atoms with van der Waals surface area (Å²) in [5.74, 6) is -2.55. The zero-order chi connectivity index (χ0) is 13.5. The van der Waals surface area contributed by atoms with Crippen molar-refractivity contribution in [2.24, 2.45) is 0 Å². The molecule has 4 atom stereocenters. The first-order valence-electron chi connectivity index (χ1n) is 5.10. The van der Waals surface area contributed by atoms with E-state index < -0.39 is 42.1 Å². The zero-order valence-corrected chi connectivity index (χ0v) is 9.05. The highest BCUT2D eigenvalue weighted by Gasteiger charge is 2.55. The second-order valence-corrected chi connectivity index (χ2v) is 3.91. The van der Waals surface area contributed by atoms with Crippen LogP contribution in [0.4, 0.5) is 0 Å². The highest BCUT2D eigenvalue weighted by atomic mass is 16.7. The fourth-order valence-electron chi connectivity index (χ4n) is 1.80. The largest absolute Gasteiger partial charge is 0.394 e. The Labute approximate surface area is 99.5 Å². The van der Waals surface area contributed by atoms with Crippen LogP contribution in [0.2, 0.25) is 0 Å². The van der Waals surface area contributed by atoms with Crippen molar-refractivity contribution in [1.82, 2.24) is 9.55 Å². The second kappa shape index (κ2) is 4.30. The van der Waals surface area contributed by atoms with Gasteiger partial charge in [-0.15, -0.1) is 0 Å². The second-order valence-electron chi connectivity index (χ2n) is 3.91. The zero-order valence-electron chi connectivity index (χ0n) is 9.05. The van der Waals surface area contributed by atoms with Crippen LogP contribution in [0, 0.1) is 0 Å². The van der Waals surface area contributed by atoms with Crippen molar-refractivity contribution in [3.05, 3.63) is 33.1 Å². The average Bonchev–Trinajstić information content (AvgIpc) is 2.54. The fraction of sp³-hybridized carbons (Fsp3) is 0.556. The first kappa shape index (κ1) is 12.9. The number of rotatable bonds is 2. The monoisotopic (exact) mass is 260 g/mol. The van der Waals surface area contributed by atoms with E-state index >= 15 is 0 Å². The first-order valence-corrected chi connectivity index (χ1v) is 5.10. The Morgan fingerprint density at radius 3 is 2.61 bits per heavy atom. The summed E-state index contributed by atoms with van der Waals surface area (Å²) in [7, 11) is 0. The summed E-state index contributed by atoms with van der Waals surface area (Å²) in [6, 6.07) is 0.939. The molecule has 0 radical (unpaired) electrons. The number of aromatic amines is 1. The maximum atomic E-state index is 11.5. The molecule has 1 aromatic rings. The number of H-pyrrole nitrogens is 1. The minimum atomic E-state index is -2.55. The number of nitrogens with zero attached hydrogens (tertiary/aromatic N) is 1. The van der Waals surface area contributed by atoms with Crippen LogP contribution >= 0.6 is 0 Å². The molecule has 1 saturated heterocycles. The minimum Gasteiger partial charge on any atom is -0.394 e. The Balaban J connectivity index is 2.49. The third-order valence-corrected chi connectivity index (χ3v) is 2.76. The van der Waals surface area contributed by atoms with Gasteiger partial charge in [0, 0.05) is 12.3 Å². The van der Waals surface area contributed by atoms with Crippen LogP contribution < -0.4 is 11.2 Å². The lowest BCUT2D eigenvalue weighted by atomic mass is 10.1. The van der Waals surface area contributed by atoms with Crippen LogP contribution in [0.1, 0.15) is 0 Å². The average molecular weight is 260 g/mol.